The SMILES string of the molecule is Cc1ccccc1N1C(=O)C(C=[NH+]Cc2ccc3c(c2)OCO3)C(=O)NC1=S. The van der Waals surface area contributed by atoms with Crippen LogP contribution in [0, 0.1) is 12.8 Å². The van der Waals surface area contributed by atoms with Crippen LogP contribution >= 0.6 is 12.2 Å². The molecule has 1 fully saturated rings. The molecule has 0 aromatic heterocycles. The van der Waals surface area contributed by atoms with Gasteiger partial charge in [-0.1, -0.05) is 18.2 Å². The van der Waals surface area contributed by atoms with Crippen molar-refractivity contribution in [2.75, 3.05) is 11.7 Å². The largest absolute Gasteiger partial charge is 0.454 e. The second-order valence-corrected chi connectivity index (χ2v) is 6.85. The highest BCUT2D eigenvalue weighted by Crippen LogP contribution is 2.32. The van der Waals surface area contributed by atoms with Crippen LogP contribution in [0.4, 0.5) is 5.69 Å². The molecule has 8 heteroatoms. The number of ether oxygens (including phenoxy) is 2. The van der Waals surface area contributed by atoms with E-state index in [1.54, 1.807) is 6.07 Å². The Morgan fingerprint density at radius 1 is 1.21 bits per heavy atom. The van der Waals surface area contributed by atoms with E-state index in [1.165, 1.54) is 11.1 Å². The van der Waals surface area contributed by atoms with Gasteiger partial charge < -0.3 is 14.8 Å². The van der Waals surface area contributed by atoms with Gasteiger partial charge in [-0.3, -0.25) is 14.5 Å². The van der Waals surface area contributed by atoms with E-state index in [4.69, 9.17) is 21.7 Å². The molecule has 2 aromatic rings. The highest BCUT2D eigenvalue weighted by atomic mass is 32.1. The molecule has 0 radical (unpaired) electrons. The van der Waals surface area contributed by atoms with Gasteiger partial charge in [0.25, 0.3) is 5.91 Å². The summed E-state index contributed by atoms with van der Waals surface area (Å²) in [7, 11) is 0. The number of aryl methyl sites for hydroxylation is 1. The van der Waals surface area contributed by atoms with E-state index in [1.807, 2.05) is 43.3 Å². The molecule has 142 valence electrons. The minimum absolute atomic E-state index is 0.0877. The number of carbonyl (C=O) groups is 2. The third-order valence-corrected chi connectivity index (χ3v) is 4.87. The number of para-hydroxylation sites is 1. The summed E-state index contributed by atoms with van der Waals surface area (Å²) in [6, 6.07) is 13.0. The smallest absolute Gasteiger partial charge is 0.256 e. The van der Waals surface area contributed by atoms with Gasteiger partial charge in [0.15, 0.2) is 35.3 Å². The highest BCUT2D eigenvalue weighted by molar-refractivity contribution is 7.80. The Bertz CT molecular complexity index is 1000. The minimum atomic E-state index is -0.986. The fraction of sp³-hybridized carbons (Fsp3) is 0.200. The lowest BCUT2D eigenvalue weighted by Crippen LogP contribution is -2.71. The summed E-state index contributed by atoms with van der Waals surface area (Å²) >= 11 is 5.22. The number of hydrogen-bond donors (Lipinski definition) is 2. The molecule has 0 spiro atoms. The van der Waals surface area contributed by atoms with E-state index in [0.717, 1.165) is 11.1 Å². The fourth-order valence-corrected chi connectivity index (χ4v) is 3.41. The first kappa shape index (κ1) is 18.1. The average molecular weight is 396 g/mol. The molecular formula is C20H18N3O4S+. The molecule has 1 unspecified atom stereocenters. The number of nitrogens with zero attached hydrogens (tertiary/aromatic N) is 1. The predicted octanol–water partition coefficient (Wildman–Crippen LogP) is 0.439. The van der Waals surface area contributed by atoms with Crippen LogP contribution in [0.15, 0.2) is 42.5 Å². The fourth-order valence-electron chi connectivity index (χ4n) is 3.13. The number of amides is 2. The molecule has 2 aromatic carbocycles. The monoisotopic (exact) mass is 396 g/mol. The zero-order chi connectivity index (χ0) is 19.7. The van der Waals surface area contributed by atoms with Gasteiger partial charge in [0.2, 0.25) is 12.7 Å². The molecule has 2 aliphatic rings. The van der Waals surface area contributed by atoms with Crippen molar-refractivity contribution in [3.05, 3.63) is 53.6 Å². The van der Waals surface area contributed by atoms with Crippen LogP contribution in [0.5, 0.6) is 11.5 Å². The van der Waals surface area contributed by atoms with Gasteiger partial charge in [0.1, 0.15) is 0 Å². The first-order valence-electron chi connectivity index (χ1n) is 8.74. The molecule has 2 amide bonds. The molecule has 4 rings (SSSR count). The number of anilines is 1. The van der Waals surface area contributed by atoms with E-state index in [9.17, 15) is 9.59 Å². The van der Waals surface area contributed by atoms with Crippen LogP contribution in [0.3, 0.4) is 0 Å². The predicted molar refractivity (Wildman–Crippen MR) is 106 cm³/mol. The van der Waals surface area contributed by atoms with E-state index in [0.29, 0.717) is 23.7 Å². The van der Waals surface area contributed by atoms with E-state index < -0.39 is 11.8 Å². The third kappa shape index (κ3) is 3.34. The van der Waals surface area contributed by atoms with E-state index in [2.05, 4.69) is 10.3 Å². The maximum Gasteiger partial charge on any atom is 0.256 e. The van der Waals surface area contributed by atoms with E-state index >= 15 is 0 Å². The third-order valence-electron chi connectivity index (χ3n) is 4.59. The maximum absolute atomic E-state index is 13.0. The maximum atomic E-state index is 13.0. The lowest BCUT2D eigenvalue weighted by Gasteiger charge is -2.31. The van der Waals surface area contributed by atoms with Crippen LogP contribution in [-0.4, -0.2) is 29.9 Å². The Morgan fingerprint density at radius 3 is 2.82 bits per heavy atom. The summed E-state index contributed by atoms with van der Waals surface area (Å²) < 4.78 is 10.6. The first-order valence-corrected chi connectivity index (χ1v) is 9.15. The summed E-state index contributed by atoms with van der Waals surface area (Å²) in [5.74, 6) is -0.432. The van der Waals surface area contributed by atoms with Gasteiger partial charge in [-0.25, -0.2) is 4.99 Å². The van der Waals surface area contributed by atoms with Crippen molar-refractivity contribution in [3.63, 3.8) is 0 Å². The summed E-state index contributed by atoms with van der Waals surface area (Å²) in [4.78, 5) is 29.7. The Hall–Kier alpha value is -3.26. The van der Waals surface area contributed by atoms with Crippen LogP contribution in [0.2, 0.25) is 0 Å². The Kier molecular flexibility index (Phi) is 4.79. The highest BCUT2D eigenvalue weighted by Gasteiger charge is 2.40. The topological polar surface area (TPSA) is 81.8 Å². The Morgan fingerprint density at radius 2 is 2.00 bits per heavy atom. The molecule has 7 nitrogen and oxygen atoms in total. The number of rotatable bonds is 4. The first-order chi connectivity index (χ1) is 13.5. The lowest BCUT2D eigenvalue weighted by atomic mass is 10.0. The van der Waals surface area contributed by atoms with Crippen molar-refractivity contribution in [1.29, 1.82) is 0 Å². The minimum Gasteiger partial charge on any atom is -0.454 e. The number of thiocarbonyl (C=S) groups is 1. The molecular weight excluding hydrogens is 378 g/mol. The van der Waals surface area contributed by atoms with Crippen molar-refractivity contribution in [2.45, 2.75) is 13.5 Å². The van der Waals surface area contributed by atoms with Crippen LogP contribution in [-0.2, 0) is 16.1 Å². The van der Waals surface area contributed by atoms with Crippen molar-refractivity contribution in [1.82, 2.24) is 5.32 Å². The number of nitrogens with one attached hydrogen (secondary N) is 2. The molecule has 2 N–H and O–H groups in total. The van der Waals surface area contributed by atoms with Gasteiger partial charge >= 0.3 is 0 Å². The van der Waals surface area contributed by atoms with Crippen molar-refractivity contribution < 1.29 is 24.1 Å². The average Bonchev–Trinajstić information content (AvgIpc) is 3.13. The van der Waals surface area contributed by atoms with Crippen molar-refractivity contribution in [3.8, 4) is 11.5 Å². The summed E-state index contributed by atoms with van der Waals surface area (Å²) in [5, 5.41) is 2.70. The normalized spacial score (nSPS) is 18.7. The summed E-state index contributed by atoms with van der Waals surface area (Å²) in [5.41, 5.74) is 2.49. The molecule has 1 saturated heterocycles. The molecule has 0 aliphatic carbocycles. The van der Waals surface area contributed by atoms with Crippen LogP contribution in [0.25, 0.3) is 0 Å². The lowest BCUT2D eigenvalue weighted by molar-refractivity contribution is -0.471. The second kappa shape index (κ2) is 7.40. The molecule has 0 saturated carbocycles. The molecule has 2 aliphatic heterocycles. The Balaban J connectivity index is 1.52. The quantitative estimate of drug-likeness (QED) is 0.445. The van der Waals surface area contributed by atoms with Crippen molar-refractivity contribution in [2.24, 2.45) is 5.92 Å². The van der Waals surface area contributed by atoms with Gasteiger partial charge in [0.05, 0.1) is 5.69 Å². The second-order valence-electron chi connectivity index (χ2n) is 6.47. The van der Waals surface area contributed by atoms with Gasteiger partial charge in [-0.05, 0) is 49.0 Å². The molecule has 0 bridgehead atoms. The summed E-state index contributed by atoms with van der Waals surface area (Å²) in [6.07, 6.45) is 1.50. The molecule has 2 heterocycles. The zero-order valence-electron chi connectivity index (χ0n) is 15.1. The summed E-state index contributed by atoms with van der Waals surface area (Å²) in [6.45, 7) is 2.53. The van der Waals surface area contributed by atoms with Gasteiger partial charge in [-0.2, -0.15) is 0 Å². The van der Waals surface area contributed by atoms with E-state index in [-0.39, 0.29) is 17.8 Å². The number of hydrogen-bond acceptors (Lipinski definition) is 5. The van der Waals surface area contributed by atoms with Gasteiger partial charge in [0, 0.05) is 5.56 Å². The van der Waals surface area contributed by atoms with Crippen LogP contribution < -0.4 is 24.7 Å². The number of carbonyl (C=O) groups excluding carboxylic acids is 2. The van der Waals surface area contributed by atoms with Gasteiger partial charge in [-0.15, -0.1) is 0 Å². The molecule has 1 atom stereocenters. The van der Waals surface area contributed by atoms with Crippen LogP contribution in [0.1, 0.15) is 11.1 Å². The molecule has 28 heavy (non-hydrogen) atoms. The Labute approximate surface area is 167 Å². The number of fused-ring (bicyclic) bond motifs is 1. The number of benzene rings is 2. The standard InChI is InChI=1S/C20H17N3O4S/c1-12-4-2-3-5-15(12)23-19(25)14(18(24)22-20(23)28)10-21-9-13-6-7-16-17(8-13)27-11-26-16/h2-8,10,14H,9,11H2,1H3,(H,22,24,28)/p+1. The zero-order valence-corrected chi connectivity index (χ0v) is 15.9. The van der Waals surface area contributed by atoms with Crippen molar-refractivity contribution >= 4 is 41.0 Å².